The third-order valence-electron chi connectivity index (χ3n) is 7.28. The third-order valence-corrected chi connectivity index (χ3v) is 7.59. The minimum absolute atomic E-state index is 0.242. The molecule has 38 heavy (non-hydrogen) atoms. The van der Waals surface area contributed by atoms with E-state index in [0.717, 1.165) is 47.9 Å². The highest BCUT2D eigenvalue weighted by atomic mass is 35.5. The Labute approximate surface area is 228 Å². The number of hydrogen-bond donors (Lipinski definition) is 0. The van der Waals surface area contributed by atoms with E-state index < -0.39 is 0 Å². The van der Waals surface area contributed by atoms with Crippen LogP contribution >= 0.6 is 11.6 Å². The van der Waals surface area contributed by atoms with Crippen LogP contribution in [-0.4, -0.2) is 5.90 Å². The SMILES string of the molecule is Fc1ccc(C2(c3ccc(C(=NOCc4ccccc4)OCc4ccccc4)cc3)CCCCC2)c(Cl)c1. The standard InChI is InChI=1S/C33H31ClFNO2/c34-31-22-29(35)18-19-30(31)33(20-8-3-9-21-33)28-16-14-27(15-17-28)32(37-23-25-10-4-1-5-11-25)36-38-24-26-12-6-2-7-13-26/h1-2,4-7,10-19,22H,3,8-9,20-21,23-24H2. The van der Waals surface area contributed by atoms with E-state index in [-0.39, 0.29) is 11.2 Å². The van der Waals surface area contributed by atoms with E-state index in [1.54, 1.807) is 0 Å². The van der Waals surface area contributed by atoms with Gasteiger partial charge < -0.3 is 9.57 Å². The van der Waals surface area contributed by atoms with Crippen LogP contribution in [0.3, 0.4) is 0 Å². The summed E-state index contributed by atoms with van der Waals surface area (Å²) in [5.74, 6) is 0.112. The lowest BCUT2D eigenvalue weighted by atomic mass is 9.65. The highest BCUT2D eigenvalue weighted by Crippen LogP contribution is 2.47. The molecule has 0 N–H and O–H groups in total. The molecule has 194 valence electrons. The van der Waals surface area contributed by atoms with Crippen molar-refractivity contribution < 1.29 is 14.0 Å². The maximum Gasteiger partial charge on any atom is 0.257 e. The van der Waals surface area contributed by atoms with Crippen LogP contribution in [0.4, 0.5) is 4.39 Å². The number of oxime groups is 1. The molecule has 1 aliphatic rings. The van der Waals surface area contributed by atoms with Crippen molar-refractivity contribution in [1.29, 1.82) is 0 Å². The summed E-state index contributed by atoms with van der Waals surface area (Å²) in [5.41, 5.74) is 4.83. The zero-order valence-corrected chi connectivity index (χ0v) is 22.0. The lowest BCUT2D eigenvalue weighted by Gasteiger charge is -2.39. The summed E-state index contributed by atoms with van der Waals surface area (Å²) in [4.78, 5) is 5.70. The molecule has 0 saturated heterocycles. The Morgan fingerprint density at radius 1 is 0.763 bits per heavy atom. The van der Waals surface area contributed by atoms with Crippen LogP contribution in [0.1, 0.15) is 59.9 Å². The summed E-state index contributed by atoms with van der Waals surface area (Å²) >= 11 is 6.60. The van der Waals surface area contributed by atoms with E-state index in [1.807, 2.05) is 78.9 Å². The molecule has 0 amide bonds. The first kappa shape index (κ1) is 26.0. The van der Waals surface area contributed by atoms with Crippen LogP contribution < -0.4 is 0 Å². The fourth-order valence-electron chi connectivity index (χ4n) is 5.31. The van der Waals surface area contributed by atoms with Gasteiger partial charge in [0.25, 0.3) is 5.90 Å². The summed E-state index contributed by atoms with van der Waals surface area (Å²) in [6, 6.07) is 33.0. The molecule has 5 rings (SSSR count). The van der Waals surface area contributed by atoms with Gasteiger partial charge in [-0.25, -0.2) is 4.39 Å². The first-order chi connectivity index (χ1) is 18.6. The molecule has 4 aromatic carbocycles. The van der Waals surface area contributed by atoms with Crippen molar-refractivity contribution in [2.45, 2.75) is 50.7 Å². The monoisotopic (exact) mass is 527 g/mol. The topological polar surface area (TPSA) is 30.8 Å². The summed E-state index contributed by atoms with van der Waals surface area (Å²) in [7, 11) is 0. The van der Waals surface area contributed by atoms with E-state index >= 15 is 0 Å². The quantitative estimate of drug-likeness (QED) is 0.130. The average molecular weight is 528 g/mol. The molecule has 1 fully saturated rings. The van der Waals surface area contributed by atoms with Crippen LogP contribution in [0.15, 0.2) is 108 Å². The summed E-state index contributed by atoms with van der Waals surface area (Å²) in [6.07, 6.45) is 5.36. The Balaban J connectivity index is 1.42. The highest BCUT2D eigenvalue weighted by Gasteiger charge is 2.37. The third kappa shape index (κ3) is 6.08. The maximum absolute atomic E-state index is 13.9. The van der Waals surface area contributed by atoms with Gasteiger partial charge in [0.1, 0.15) is 19.0 Å². The zero-order chi connectivity index (χ0) is 26.2. The van der Waals surface area contributed by atoms with Crippen molar-refractivity contribution in [3.63, 3.8) is 0 Å². The summed E-state index contributed by atoms with van der Waals surface area (Å²) in [6.45, 7) is 0.731. The van der Waals surface area contributed by atoms with Crippen LogP contribution in [-0.2, 0) is 28.2 Å². The van der Waals surface area contributed by atoms with Crippen molar-refractivity contribution in [3.8, 4) is 0 Å². The predicted molar refractivity (Wildman–Crippen MR) is 151 cm³/mol. The Kier molecular flexibility index (Phi) is 8.40. The first-order valence-electron chi connectivity index (χ1n) is 13.1. The number of nitrogens with zero attached hydrogens (tertiary/aromatic N) is 1. The fraction of sp³-hybridized carbons (Fsp3) is 0.242. The first-order valence-corrected chi connectivity index (χ1v) is 13.5. The summed E-state index contributed by atoms with van der Waals surface area (Å²) < 4.78 is 20.0. The Morgan fingerprint density at radius 3 is 2.03 bits per heavy atom. The molecule has 1 aliphatic carbocycles. The molecule has 0 atom stereocenters. The second kappa shape index (κ2) is 12.3. The van der Waals surface area contributed by atoms with E-state index in [1.165, 1.54) is 24.1 Å². The van der Waals surface area contributed by atoms with Crippen molar-refractivity contribution in [2.24, 2.45) is 5.16 Å². The van der Waals surface area contributed by atoms with Gasteiger partial charge in [-0.15, -0.1) is 0 Å². The smallest absolute Gasteiger partial charge is 0.257 e. The number of halogens is 2. The van der Waals surface area contributed by atoms with E-state index in [9.17, 15) is 4.39 Å². The molecular weight excluding hydrogens is 497 g/mol. The summed E-state index contributed by atoms with van der Waals surface area (Å²) in [5, 5.41) is 4.86. The number of hydrogen-bond acceptors (Lipinski definition) is 3. The minimum Gasteiger partial charge on any atom is -0.470 e. The van der Waals surface area contributed by atoms with Crippen molar-refractivity contribution in [1.82, 2.24) is 0 Å². The van der Waals surface area contributed by atoms with Gasteiger partial charge in [0.15, 0.2) is 0 Å². The van der Waals surface area contributed by atoms with Gasteiger partial charge in [-0.1, -0.05) is 110 Å². The Morgan fingerprint density at radius 2 is 1.39 bits per heavy atom. The zero-order valence-electron chi connectivity index (χ0n) is 21.3. The van der Waals surface area contributed by atoms with E-state index in [4.69, 9.17) is 21.2 Å². The number of ether oxygens (including phenoxy) is 1. The van der Waals surface area contributed by atoms with Gasteiger partial charge in [0.2, 0.25) is 0 Å². The molecule has 0 bridgehead atoms. The van der Waals surface area contributed by atoms with E-state index in [2.05, 4.69) is 17.3 Å². The van der Waals surface area contributed by atoms with Crippen LogP contribution in [0.25, 0.3) is 0 Å². The second-order valence-corrected chi connectivity index (χ2v) is 10.2. The molecule has 3 nitrogen and oxygen atoms in total. The maximum atomic E-state index is 13.9. The van der Waals surface area contributed by atoms with Gasteiger partial charge in [-0.3, -0.25) is 0 Å². The van der Waals surface area contributed by atoms with Crippen molar-refractivity contribution in [2.75, 3.05) is 0 Å². The lowest BCUT2D eigenvalue weighted by molar-refractivity contribution is 0.118. The van der Waals surface area contributed by atoms with Gasteiger partial charge in [0.05, 0.1) is 0 Å². The fourth-order valence-corrected chi connectivity index (χ4v) is 5.65. The number of benzene rings is 4. The predicted octanol–water partition coefficient (Wildman–Crippen LogP) is 8.82. The van der Waals surface area contributed by atoms with Gasteiger partial charge in [-0.05, 0) is 64.5 Å². The minimum atomic E-state index is -0.313. The van der Waals surface area contributed by atoms with Crippen molar-refractivity contribution in [3.05, 3.63) is 142 Å². The molecule has 0 radical (unpaired) electrons. The van der Waals surface area contributed by atoms with E-state index in [0.29, 0.717) is 24.1 Å². The Bertz CT molecular complexity index is 1350. The van der Waals surface area contributed by atoms with Gasteiger partial charge in [-0.2, -0.15) is 0 Å². The van der Waals surface area contributed by atoms with Crippen molar-refractivity contribution >= 4 is 17.5 Å². The molecule has 0 heterocycles. The molecule has 5 heteroatoms. The van der Waals surface area contributed by atoms with Crippen LogP contribution in [0.5, 0.6) is 0 Å². The molecule has 1 saturated carbocycles. The highest BCUT2D eigenvalue weighted by molar-refractivity contribution is 6.31. The van der Waals surface area contributed by atoms with Crippen LogP contribution in [0.2, 0.25) is 5.02 Å². The largest absolute Gasteiger partial charge is 0.470 e. The Hall–Kier alpha value is -3.63. The van der Waals surface area contributed by atoms with Gasteiger partial charge in [0, 0.05) is 16.0 Å². The molecule has 4 aromatic rings. The lowest BCUT2D eigenvalue weighted by Crippen LogP contribution is -2.31. The molecule has 0 aliphatic heterocycles. The normalized spacial score (nSPS) is 15.2. The molecule has 0 spiro atoms. The molecule has 0 aromatic heterocycles. The molecular formula is C33H31ClFNO2. The second-order valence-electron chi connectivity index (χ2n) is 9.77. The van der Waals surface area contributed by atoms with Crippen LogP contribution in [0, 0.1) is 5.82 Å². The average Bonchev–Trinajstić information content (AvgIpc) is 2.96. The number of rotatable bonds is 8. The van der Waals surface area contributed by atoms with Gasteiger partial charge >= 0.3 is 0 Å². The molecule has 0 unspecified atom stereocenters.